The third-order valence-electron chi connectivity index (χ3n) is 4.75. The molecule has 0 aliphatic carbocycles. The molecule has 0 aromatic heterocycles. The summed E-state index contributed by atoms with van der Waals surface area (Å²) in [4.78, 5) is 14.7. The predicted octanol–water partition coefficient (Wildman–Crippen LogP) is 2.20. The summed E-state index contributed by atoms with van der Waals surface area (Å²) in [7, 11) is 2.14. The molecule has 0 bridgehead atoms. The molecule has 2 aromatic carbocycles. The van der Waals surface area contributed by atoms with E-state index in [4.69, 9.17) is 10.5 Å². The van der Waals surface area contributed by atoms with E-state index < -0.39 is 6.04 Å². The van der Waals surface area contributed by atoms with Crippen LogP contribution >= 0.6 is 0 Å². The van der Waals surface area contributed by atoms with Gasteiger partial charge in [0, 0.05) is 18.8 Å². The number of likely N-dealkylation sites (N-methyl/N-ethyl adjacent to an activating group) is 1. The Morgan fingerprint density at radius 2 is 1.88 bits per heavy atom. The second kappa shape index (κ2) is 8.94. The van der Waals surface area contributed by atoms with Crippen molar-refractivity contribution >= 4 is 11.6 Å². The van der Waals surface area contributed by atoms with Crippen LogP contribution in [0.4, 0.5) is 5.69 Å². The summed E-state index contributed by atoms with van der Waals surface area (Å²) in [5.41, 5.74) is 10.5. The van der Waals surface area contributed by atoms with Crippen LogP contribution in [0.15, 0.2) is 48.5 Å². The molecule has 1 unspecified atom stereocenters. The van der Waals surface area contributed by atoms with Crippen LogP contribution in [0.5, 0.6) is 0 Å². The number of ether oxygens (including phenoxy) is 1. The smallest absolute Gasteiger partial charge is 0.243 e. The summed E-state index contributed by atoms with van der Waals surface area (Å²) in [5.74, 6) is -0.219. The van der Waals surface area contributed by atoms with E-state index in [2.05, 4.69) is 29.4 Å². The fourth-order valence-corrected chi connectivity index (χ4v) is 3.10. The number of benzene rings is 2. The zero-order valence-electron chi connectivity index (χ0n) is 15.3. The lowest BCUT2D eigenvalue weighted by Gasteiger charge is -2.14. The number of hydrogen-bond donors (Lipinski definition) is 2. The SMILES string of the molecule is CN1CCc2ccc(NC(=O)C(N)COCc3ccccc3)cc2CC1. The van der Waals surface area contributed by atoms with E-state index in [1.807, 2.05) is 36.4 Å². The molecule has 0 radical (unpaired) electrons. The average molecular weight is 353 g/mol. The van der Waals surface area contributed by atoms with Crippen LogP contribution in [-0.2, 0) is 29.0 Å². The molecule has 3 N–H and O–H groups in total. The Bertz CT molecular complexity index is 733. The highest BCUT2D eigenvalue weighted by Gasteiger charge is 2.16. The van der Waals surface area contributed by atoms with E-state index in [-0.39, 0.29) is 12.5 Å². The molecule has 1 atom stereocenters. The maximum absolute atomic E-state index is 12.3. The number of carbonyl (C=O) groups is 1. The summed E-state index contributed by atoms with van der Waals surface area (Å²) in [6.07, 6.45) is 2.05. The number of anilines is 1. The average Bonchev–Trinajstić information content (AvgIpc) is 2.84. The summed E-state index contributed by atoms with van der Waals surface area (Å²) in [6.45, 7) is 2.75. The molecule has 1 aliphatic heterocycles. The van der Waals surface area contributed by atoms with Crippen molar-refractivity contribution < 1.29 is 9.53 Å². The van der Waals surface area contributed by atoms with Gasteiger partial charge in [-0.3, -0.25) is 4.79 Å². The van der Waals surface area contributed by atoms with Gasteiger partial charge in [-0.25, -0.2) is 0 Å². The number of amides is 1. The molecular weight excluding hydrogens is 326 g/mol. The lowest BCUT2D eigenvalue weighted by Crippen LogP contribution is -2.39. The molecule has 138 valence electrons. The van der Waals surface area contributed by atoms with Crippen molar-refractivity contribution in [3.63, 3.8) is 0 Å². The molecule has 5 heteroatoms. The van der Waals surface area contributed by atoms with Crippen molar-refractivity contribution in [2.24, 2.45) is 5.73 Å². The van der Waals surface area contributed by atoms with Gasteiger partial charge in [-0.2, -0.15) is 0 Å². The molecule has 0 saturated heterocycles. The molecule has 2 aromatic rings. The van der Waals surface area contributed by atoms with Gasteiger partial charge in [-0.1, -0.05) is 36.4 Å². The van der Waals surface area contributed by atoms with Crippen molar-refractivity contribution in [1.82, 2.24) is 4.90 Å². The molecule has 1 aliphatic rings. The van der Waals surface area contributed by atoms with Gasteiger partial charge in [0.1, 0.15) is 6.04 Å². The van der Waals surface area contributed by atoms with Crippen LogP contribution in [0.1, 0.15) is 16.7 Å². The van der Waals surface area contributed by atoms with Crippen LogP contribution in [0.3, 0.4) is 0 Å². The minimum Gasteiger partial charge on any atom is -0.375 e. The van der Waals surface area contributed by atoms with E-state index >= 15 is 0 Å². The first kappa shape index (κ1) is 18.6. The van der Waals surface area contributed by atoms with Crippen LogP contribution < -0.4 is 11.1 Å². The lowest BCUT2D eigenvalue weighted by molar-refractivity contribution is -0.118. The largest absolute Gasteiger partial charge is 0.375 e. The number of rotatable bonds is 6. The number of nitrogens with one attached hydrogen (secondary N) is 1. The van der Waals surface area contributed by atoms with Crippen LogP contribution in [0.2, 0.25) is 0 Å². The van der Waals surface area contributed by atoms with Gasteiger partial charge in [0.15, 0.2) is 0 Å². The predicted molar refractivity (Wildman–Crippen MR) is 104 cm³/mol. The van der Waals surface area contributed by atoms with Crippen molar-refractivity contribution in [2.45, 2.75) is 25.5 Å². The Labute approximate surface area is 155 Å². The van der Waals surface area contributed by atoms with E-state index in [0.717, 1.165) is 37.2 Å². The quantitative estimate of drug-likeness (QED) is 0.835. The second-order valence-corrected chi connectivity index (χ2v) is 6.88. The number of hydrogen-bond acceptors (Lipinski definition) is 4. The Morgan fingerprint density at radius 1 is 1.15 bits per heavy atom. The number of fused-ring (bicyclic) bond motifs is 1. The molecule has 5 nitrogen and oxygen atoms in total. The standard InChI is InChI=1S/C21H27N3O2/c1-24-11-9-17-7-8-19(13-18(17)10-12-24)23-21(25)20(22)15-26-14-16-5-3-2-4-6-16/h2-8,13,20H,9-12,14-15,22H2,1H3,(H,23,25). The third kappa shape index (κ3) is 5.14. The number of nitrogens with zero attached hydrogens (tertiary/aromatic N) is 1. The Hall–Kier alpha value is -2.21. The van der Waals surface area contributed by atoms with E-state index in [0.29, 0.717) is 6.61 Å². The first-order chi connectivity index (χ1) is 12.6. The summed E-state index contributed by atoms with van der Waals surface area (Å²) >= 11 is 0. The van der Waals surface area contributed by atoms with Crippen molar-refractivity contribution in [3.8, 4) is 0 Å². The van der Waals surface area contributed by atoms with Gasteiger partial charge in [0.2, 0.25) is 5.91 Å². The van der Waals surface area contributed by atoms with Crippen molar-refractivity contribution in [3.05, 3.63) is 65.2 Å². The first-order valence-electron chi connectivity index (χ1n) is 9.10. The van der Waals surface area contributed by atoms with Gasteiger partial charge in [-0.15, -0.1) is 0 Å². The molecule has 26 heavy (non-hydrogen) atoms. The number of carbonyl (C=O) groups excluding carboxylic acids is 1. The highest BCUT2D eigenvalue weighted by Crippen LogP contribution is 2.20. The highest BCUT2D eigenvalue weighted by atomic mass is 16.5. The molecule has 1 heterocycles. The first-order valence-corrected chi connectivity index (χ1v) is 9.10. The highest BCUT2D eigenvalue weighted by molar-refractivity contribution is 5.94. The number of nitrogens with two attached hydrogens (primary N) is 1. The summed E-state index contributed by atoms with van der Waals surface area (Å²) in [5, 5.41) is 2.91. The van der Waals surface area contributed by atoms with Gasteiger partial charge in [-0.05, 0) is 48.7 Å². The summed E-state index contributed by atoms with van der Waals surface area (Å²) in [6, 6.07) is 15.3. The minimum absolute atomic E-state index is 0.191. The van der Waals surface area contributed by atoms with Crippen LogP contribution in [0.25, 0.3) is 0 Å². The fourth-order valence-electron chi connectivity index (χ4n) is 3.10. The van der Waals surface area contributed by atoms with Crippen molar-refractivity contribution in [2.75, 3.05) is 32.1 Å². The molecule has 3 rings (SSSR count). The second-order valence-electron chi connectivity index (χ2n) is 6.88. The van der Waals surface area contributed by atoms with Gasteiger partial charge in [0.25, 0.3) is 0 Å². The zero-order chi connectivity index (χ0) is 18.4. The third-order valence-corrected chi connectivity index (χ3v) is 4.75. The zero-order valence-corrected chi connectivity index (χ0v) is 15.3. The Kier molecular flexibility index (Phi) is 6.39. The maximum atomic E-state index is 12.3. The monoisotopic (exact) mass is 353 g/mol. The molecule has 0 spiro atoms. The lowest BCUT2D eigenvalue weighted by atomic mass is 10.0. The Morgan fingerprint density at radius 3 is 2.65 bits per heavy atom. The topological polar surface area (TPSA) is 67.6 Å². The normalized spacial score (nSPS) is 15.8. The van der Waals surface area contributed by atoms with E-state index in [1.165, 1.54) is 11.1 Å². The van der Waals surface area contributed by atoms with E-state index in [9.17, 15) is 4.79 Å². The Balaban J connectivity index is 1.51. The fraction of sp³-hybridized carbons (Fsp3) is 0.381. The summed E-state index contributed by atoms with van der Waals surface area (Å²) < 4.78 is 5.57. The van der Waals surface area contributed by atoms with Gasteiger partial charge < -0.3 is 20.7 Å². The molecule has 1 amide bonds. The van der Waals surface area contributed by atoms with Gasteiger partial charge in [0.05, 0.1) is 13.2 Å². The maximum Gasteiger partial charge on any atom is 0.243 e. The van der Waals surface area contributed by atoms with E-state index in [1.54, 1.807) is 0 Å². The van der Waals surface area contributed by atoms with Crippen LogP contribution in [-0.4, -0.2) is 43.6 Å². The van der Waals surface area contributed by atoms with Crippen LogP contribution in [0, 0.1) is 0 Å². The molecular formula is C21H27N3O2. The minimum atomic E-state index is -0.691. The van der Waals surface area contributed by atoms with Crippen molar-refractivity contribution in [1.29, 1.82) is 0 Å². The molecule has 0 saturated carbocycles. The van der Waals surface area contributed by atoms with Gasteiger partial charge >= 0.3 is 0 Å². The molecule has 0 fully saturated rings.